The Hall–Kier alpha value is -1.95. The van der Waals surface area contributed by atoms with Crippen LogP contribution in [0.2, 0.25) is 0 Å². The number of nitrogens with one attached hydrogen (secondary N) is 1. The lowest BCUT2D eigenvalue weighted by Gasteiger charge is -2.19. The molecule has 1 atom stereocenters. The number of ether oxygens (including phenoxy) is 1. The van der Waals surface area contributed by atoms with E-state index in [-0.39, 0.29) is 11.6 Å². The fourth-order valence-corrected chi connectivity index (χ4v) is 2.44. The molecule has 0 fully saturated rings. The Bertz CT molecular complexity index is 672. The van der Waals surface area contributed by atoms with Crippen LogP contribution < -0.4 is 5.32 Å². The van der Waals surface area contributed by atoms with Gasteiger partial charge in [0.15, 0.2) is 5.82 Å². The average molecular weight is 317 g/mol. The normalized spacial score (nSPS) is 13.2. The molecule has 2 aromatic rings. The molecule has 0 aromatic carbocycles. The third-order valence-corrected chi connectivity index (χ3v) is 3.63. The Morgan fingerprint density at radius 3 is 2.52 bits per heavy atom. The smallest absolute Gasteiger partial charge is 0.156 e. The topological polar surface area (TPSA) is 64.9 Å². The highest BCUT2D eigenvalue weighted by molar-refractivity contribution is 5.39. The predicted molar refractivity (Wildman–Crippen MR) is 91.5 cm³/mol. The molecule has 0 saturated carbocycles. The van der Waals surface area contributed by atoms with Crippen molar-refractivity contribution < 1.29 is 4.74 Å². The Labute approximate surface area is 138 Å². The lowest BCUT2D eigenvalue weighted by molar-refractivity contribution is 0.177. The summed E-state index contributed by atoms with van der Waals surface area (Å²) in [6.07, 6.45) is 2.11. The standard InChI is InChI=1S/C17H27N5O/c1-11-8-15(20-16(18-11)10-23-7)19-12(2)14-9-22(17(4,5)6)21-13(14)3/h8-9,12H,10H2,1-7H3,(H,18,19,20). The molecule has 2 rings (SSSR count). The van der Waals surface area contributed by atoms with E-state index in [1.807, 2.05) is 24.6 Å². The van der Waals surface area contributed by atoms with Gasteiger partial charge in [0.05, 0.1) is 17.3 Å². The summed E-state index contributed by atoms with van der Waals surface area (Å²) in [4.78, 5) is 8.86. The van der Waals surface area contributed by atoms with Crippen molar-refractivity contribution in [3.05, 3.63) is 35.0 Å². The van der Waals surface area contributed by atoms with E-state index in [0.29, 0.717) is 12.4 Å². The van der Waals surface area contributed by atoms with Gasteiger partial charge in [0.2, 0.25) is 0 Å². The number of rotatable bonds is 5. The number of aromatic nitrogens is 4. The largest absolute Gasteiger partial charge is 0.377 e. The molecular formula is C17H27N5O. The Morgan fingerprint density at radius 2 is 1.96 bits per heavy atom. The van der Waals surface area contributed by atoms with Crippen molar-refractivity contribution >= 4 is 5.82 Å². The number of anilines is 1. The van der Waals surface area contributed by atoms with E-state index in [4.69, 9.17) is 4.74 Å². The lowest BCUT2D eigenvalue weighted by atomic mass is 10.1. The molecular weight excluding hydrogens is 290 g/mol. The highest BCUT2D eigenvalue weighted by atomic mass is 16.5. The van der Waals surface area contributed by atoms with Crippen molar-refractivity contribution in [3.8, 4) is 0 Å². The number of hydrogen-bond donors (Lipinski definition) is 1. The van der Waals surface area contributed by atoms with Crippen LogP contribution in [0.15, 0.2) is 12.3 Å². The van der Waals surface area contributed by atoms with E-state index < -0.39 is 0 Å². The van der Waals surface area contributed by atoms with Crippen LogP contribution in [0.5, 0.6) is 0 Å². The maximum absolute atomic E-state index is 5.12. The zero-order chi connectivity index (χ0) is 17.2. The molecule has 0 radical (unpaired) electrons. The Balaban J connectivity index is 2.22. The first-order chi connectivity index (χ1) is 10.7. The van der Waals surface area contributed by atoms with Gasteiger partial charge >= 0.3 is 0 Å². The molecule has 1 N–H and O–H groups in total. The van der Waals surface area contributed by atoms with Gasteiger partial charge in [-0.2, -0.15) is 5.10 Å². The Morgan fingerprint density at radius 1 is 1.26 bits per heavy atom. The van der Waals surface area contributed by atoms with Gasteiger partial charge in [0, 0.05) is 30.6 Å². The molecule has 2 aromatic heterocycles. The van der Waals surface area contributed by atoms with E-state index in [1.54, 1.807) is 7.11 Å². The molecule has 2 heterocycles. The van der Waals surface area contributed by atoms with Crippen LogP contribution in [0.3, 0.4) is 0 Å². The highest BCUT2D eigenvalue weighted by Gasteiger charge is 2.19. The van der Waals surface area contributed by atoms with Crippen LogP contribution in [0, 0.1) is 13.8 Å². The minimum atomic E-state index is -0.0279. The lowest BCUT2D eigenvalue weighted by Crippen LogP contribution is -2.22. The molecule has 0 bridgehead atoms. The van der Waals surface area contributed by atoms with E-state index in [9.17, 15) is 0 Å². The number of aryl methyl sites for hydroxylation is 2. The van der Waals surface area contributed by atoms with Crippen molar-refractivity contribution in [2.75, 3.05) is 12.4 Å². The third-order valence-electron chi connectivity index (χ3n) is 3.63. The van der Waals surface area contributed by atoms with Gasteiger partial charge in [-0.1, -0.05) is 0 Å². The van der Waals surface area contributed by atoms with Crippen molar-refractivity contribution in [2.24, 2.45) is 0 Å². The van der Waals surface area contributed by atoms with Crippen molar-refractivity contribution in [3.63, 3.8) is 0 Å². The van der Waals surface area contributed by atoms with Crippen LogP contribution in [-0.2, 0) is 16.9 Å². The molecule has 6 heteroatoms. The summed E-state index contributed by atoms with van der Waals surface area (Å²) in [6.45, 7) is 13.0. The van der Waals surface area contributed by atoms with Gasteiger partial charge < -0.3 is 10.1 Å². The molecule has 23 heavy (non-hydrogen) atoms. The first-order valence-electron chi connectivity index (χ1n) is 7.87. The number of hydrogen-bond acceptors (Lipinski definition) is 5. The average Bonchev–Trinajstić information content (AvgIpc) is 2.80. The van der Waals surface area contributed by atoms with E-state index in [1.165, 1.54) is 5.56 Å². The molecule has 0 amide bonds. The third kappa shape index (κ3) is 4.28. The van der Waals surface area contributed by atoms with Crippen molar-refractivity contribution in [2.45, 2.75) is 59.7 Å². The fourth-order valence-electron chi connectivity index (χ4n) is 2.44. The molecule has 0 aliphatic rings. The Kier molecular flexibility index (Phi) is 5.04. The molecule has 0 aliphatic heterocycles. The number of methoxy groups -OCH3 is 1. The molecule has 6 nitrogen and oxygen atoms in total. The van der Waals surface area contributed by atoms with Gasteiger partial charge in [-0.15, -0.1) is 0 Å². The first kappa shape index (κ1) is 17.4. The highest BCUT2D eigenvalue weighted by Crippen LogP contribution is 2.24. The molecule has 0 saturated heterocycles. The minimum absolute atomic E-state index is 0.0279. The van der Waals surface area contributed by atoms with Crippen LogP contribution in [0.4, 0.5) is 5.82 Å². The van der Waals surface area contributed by atoms with Crippen molar-refractivity contribution in [1.82, 2.24) is 19.7 Å². The zero-order valence-electron chi connectivity index (χ0n) is 15.1. The van der Waals surface area contributed by atoms with Gasteiger partial charge in [-0.3, -0.25) is 4.68 Å². The van der Waals surface area contributed by atoms with E-state index >= 15 is 0 Å². The maximum Gasteiger partial charge on any atom is 0.156 e. The fraction of sp³-hybridized carbons (Fsp3) is 0.588. The molecule has 126 valence electrons. The summed E-state index contributed by atoms with van der Waals surface area (Å²) in [5.74, 6) is 1.49. The monoisotopic (exact) mass is 317 g/mol. The van der Waals surface area contributed by atoms with Gasteiger partial charge in [0.25, 0.3) is 0 Å². The SMILES string of the molecule is COCc1nc(C)cc(NC(C)c2cn(C(C)(C)C)nc2C)n1. The van der Waals surface area contributed by atoms with Crippen LogP contribution >= 0.6 is 0 Å². The van der Waals surface area contributed by atoms with Gasteiger partial charge in [-0.25, -0.2) is 9.97 Å². The summed E-state index contributed by atoms with van der Waals surface area (Å²) < 4.78 is 7.13. The van der Waals surface area contributed by atoms with Crippen LogP contribution in [0.1, 0.15) is 56.5 Å². The number of nitrogens with zero attached hydrogens (tertiary/aromatic N) is 4. The second-order valence-corrected chi connectivity index (χ2v) is 6.90. The van der Waals surface area contributed by atoms with Gasteiger partial charge in [0.1, 0.15) is 12.4 Å². The predicted octanol–water partition coefficient (Wildman–Crippen LogP) is 3.36. The molecule has 0 spiro atoms. The zero-order valence-corrected chi connectivity index (χ0v) is 15.1. The van der Waals surface area contributed by atoms with Gasteiger partial charge in [-0.05, 0) is 41.5 Å². The van der Waals surface area contributed by atoms with Crippen LogP contribution in [-0.4, -0.2) is 26.9 Å². The van der Waals surface area contributed by atoms with Crippen LogP contribution in [0.25, 0.3) is 0 Å². The van der Waals surface area contributed by atoms with E-state index in [2.05, 4.69) is 54.3 Å². The summed E-state index contributed by atoms with van der Waals surface area (Å²) in [5, 5.41) is 8.08. The van der Waals surface area contributed by atoms with Crippen molar-refractivity contribution in [1.29, 1.82) is 0 Å². The second kappa shape index (κ2) is 6.66. The minimum Gasteiger partial charge on any atom is -0.377 e. The quantitative estimate of drug-likeness (QED) is 0.916. The first-order valence-corrected chi connectivity index (χ1v) is 7.87. The molecule has 0 aliphatic carbocycles. The summed E-state index contributed by atoms with van der Waals surface area (Å²) in [5.41, 5.74) is 3.09. The summed E-state index contributed by atoms with van der Waals surface area (Å²) >= 11 is 0. The van der Waals surface area contributed by atoms with E-state index in [0.717, 1.165) is 17.2 Å². The summed E-state index contributed by atoms with van der Waals surface area (Å²) in [7, 11) is 1.64. The second-order valence-electron chi connectivity index (χ2n) is 6.90. The molecule has 1 unspecified atom stereocenters. The summed E-state index contributed by atoms with van der Waals surface area (Å²) in [6, 6.07) is 2.05. The maximum atomic E-state index is 5.12.